The molecule has 30 heavy (non-hydrogen) atoms. The number of hydrogen-bond acceptors (Lipinski definition) is 4. The number of nitrogens with zero attached hydrogens (tertiary/aromatic N) is 2. The number of ether oxygens (including phenoxy) is 1. The molecule has 0 saturated carbocycles. The van der Waals surface area contributed by atoms with Gasteiger partial charge in [-0.15, -0.1) is 0 Å². The topological polar surface area (TPSA) is 89.0 Å². The van der Waals surface area contributed by atoms with Crippen LogP contribution in [-0.2, 0) is 9.53 Å². The molecule has 0 aliphatic carbocycles. The highest BCUT2D eigenvalue weighted by atomic mass is 35.5. The van der Waals surface area contributed by atoms with Gasteiger partial charge in [0.25, 0.3) is 5.91 Å². The number of esters is 1. The number of para-hydroxylation sites is 1. The van der Waals surface area contributed by atoms with Gasteiger partial charge in [-0.25, -0.2) is 13.9 Å². The lowest BCUT2D eigenvalue weighted by molar-refractivity contribution is -0.119. The van der Waals surface area contributed by atoms with E-state index in [0.29, 0.717) is 28.1 Å². The number of carbonyl (C=O) groups is 2. The molecule has 0 bridgehead atoms. The highest BCUT2D eigenvalue weighted by molar-refractivity contribution is 6.38. The van der Waals surface area contributed by atoms with Crippen LogP contribution in [-0.4, -0.2) is 33.2 Å². The molecule has 2 heterocycles. The lowest BCUT2D eigenvalue weighted by Crippen LogP contribution is -2.22. The summed E-state index contributed by atoms with van der Waals surface area (Å²) in [4.78, 5) is 27.6. The molecule has 4 rings (SSSR count). The van der Waals surface area contributed by atoms with Gasteiger partial charge in [0.2, 0.25) is 0 Å². The third-order valence-corrected chi connectivity index (χ3v) is 4.74. The zero-order chi connectivity index (χ0) is 21.3. The first-order valence-electron chi connectivity index (χ1n) is 8.98. The molecule has 0 spiro atoms. The second kappa shape index (κ2) is 8.00. The van der Waals surface area contributed by atoms with Crippen LogP contribution >= 0.6 is 11.6 Å². The van der Waals surface area contributed by atoms with Crippen molar-refractivity contribution in [3.8, 4) is 5.69 Å². The Bertz CT molecular complexity index is 1250. The number of aryl methyl sites for hydroxylation is 1. The summed E-state index contributed by atoms with van der Waals surface area (Å²) in [5, 5.41) is 7.86. The van der Waals surface area contributed by atoms with Crippen molar-refractivity contribution in [1.29, 1.82) is 0 Å². The van der Waals surface area contributed by atoms with Crippen LogP contribution in [0.15, 0.2) is 54.6 Å². The van der Waals surface area contributed by atoms with E-state index >= 15 is 0 Å². The van der Waals surface area contributed by atoms with E-state index in [1.165, 1.54) is 28.9 Å². The Morgan fingerprint density at radius 3 is 2.67 bits per heavy atom. The second-order valence-corrected chi connectivity index (χ2v) is 6.92. The molecule has 4 aromatic rings. The summed E-state index contributed by atoms with van der Waals surface area (Å²) in [6, 6.07) is 14.5. The fourth-order valence-electron chi connectivity index (χ4n) is 3.00. The Morgan fingerprint density at radius 1 is 1.20 bits per heavy atom. The maximum Gasteiger partial charge on any atom is 0.356 e. The van der Waals surface area contributed by atoms with Crippen molar-refractivity contribution in [2.24, 2.45) is 0 Å². The summed E-state index contributed by atoms with van der Waals surface area (Å²) in [6.07, 6.45) is 0. The summed E-state index contributed by atoms with van der Waals surface area (Å²) in [6.45, 7) is 1.24. The average Bonchev–Trinajstić information content (AvgIpc) is 3.27. The first kappa shape index (κ1) is 19.7. The largest absolute Gasteiger partial charge is 0.451 e. The van der Waals surface area contributed by atoms with Crippen LogP contribution in [0.25, 0.3) is 16.6 Å². The van der Waals surface area contributed by atoms with Crippen molar-refractivity contribution in [1.82, 2.24) is 14.8 Å². The molecule has 0 aliphatic heterocycles. The number of halogens is 2. The normalized spacial score (nSPS) is 10.9. The van der Waals surface area contributed by atoms with E-state index in [4.69, 9.17) is 16.3 Å². The van der Waals surface area contributed by atoms with E-state index in [2.05, 4.69) is 15.4 Å². The lowest BCUT2D eigenvalue weighted by atomic mass is 10.2. The average molecular weight is 427 g/mol. The van der Waals surface area contributed by atoms with Gasteiger partial charge in [-0.3, -0.25) is 4.79 Å². The Morgan fingerprint density at radius 2 is 1.93 bits per heavy atom. The molecule has 7 nitrogen and oxygen atoms in total. The van der Waals surface area contributed by atoms with Crippen LogP contribution in [0.3, 0.4) is 0 Å². The van der Waals surface area contributed by atoms with Crippen LogP contribution in [0.5, 0.6) is 0 Å². The number of hydrogen-bond donors (Lipinski definition) is 2. The Labute approximate surface area is 175 Å². The number of aromatic nitrogens is 3. The summed E-state index contributed by atoms with van der Waals surface area (Å²) in [5.74, 6) is -1.31. The minimum atomic E-state index is -0.741. The lowest BCUT2D eigenvalue weighted by Gasteiger charge is -2.09. The Hall–Kier alpha value is -3.65. The minimum Gasteiger partial charge on any atom is -0.451 e. The zero-order valence-electron chi connectivity index (χ0n) is 15.8. The van der Waals surface area contributed by atoms with Gasteiger partial charge in [0.15, 0.2) is 6.61 Å². The van der Waals surface area contributed by atoms with Crippen LogP contribution in [0.1, 0.15) is 16.2 Å². The number of carbonyl (C=O) groups excluding carboxylic acids is 2. The number of anilines is 1. The molecule has 2 N–H and O–H groups in total. The maximum atomic E-state index is 13.2. The first-order valence-corrected chi connectivity index (χ1v) is 9.36. The predicted octanol–water partition coefficient (Wildman–Crippen LogP) is 4.25. The van der Waals surface area contributed by atoms with Crippen molar-refractivity contribution in [2.45, 2.75) is 6.92 Å². The van der Waals surface area contributed by atoms with Gasteiger partial charge in [0, 0.05) is 17.0 Å². The van der Waals surface area contributed by atoms with E-state index in [-0.39, 0.29) is 16.5 Å². The van der Waals surface area contributed by atoms with E-state index < -0.39 is 18.5 Å². The van der Waals surface area contributed by atoms with Gasteiger partial charge in [0.1, 0.15) is 17.3 Å². The molecule has 0 aliphatic rings. The van der Waals surface area contributed by atoms with Crippen molar-refractivity contribution in [3.63, 3.8) is 0 Å². The van der Waals surface area contributed by atoms with Gasteiger partial charge in [0.05, 0.1) is 16.4 Å². The smallest absolute Gasteiger partial charge is 0.356 e. The number of nitrogens with one attached hydrogen (secondary N) is 2. The Balaban J connectivity index is 1.44. The molecule has 0 radical (unpaired) electrons. The van der Waals surface area contributed by atoms with Crippen LogP contribution < -0.4 is 5.32 Å². The molecule has 0 fully saturated rings. The predicted molar refractivity (Wildman–Crippen MR) is 110 cm³/mol. The number of benzene rings is 2. The molecule has 2 aromatic heterocycles. The molecular weight excluding hydrogens is 411 g/mol. The number of H-pyrrole nitrogens is 1. The van der Waals surface area contributed by atoms with Crippen LogP contribution in [0, 0.1) is 12.7 Å². The van der Waals surface area contributed by atoms with Crippen LogP contribution in [0.2, 0.25) is 5.02 Å². The van der Waals surface area contributed by atoms with Gasteiger partial charge < -0.3 is 15.0 Å². The second-order valence-electron chi connectivity index (χ2n) is 6.54. The number of fused-ring (bicyclic) bond motifs is 1. The molecular formula is C21H16ClFN4O3. The van der Waals surface area contributed by atoms with E-state index in [0.717, 1.165) is 0 Å². The summed E-state index contributed by atoms with van der Waals surface area (Å²) in [7, 11) is 0. The van der Waals surface area contributed by atoms with Crippen molar-refractivity contribution in [3.05, 3.63) is 76.8 Å². The number of rotatable bonds is 5. The number of amides is 1. The van der Waals surface area contributed by atoms with Gasteiger partial charge >= 0.3 is 5.97 Å². The molecule has 0 atom stereocenters. The third kappa shape index (κ3) is 3.90. The zero-order valence-corrected chi connectivity index (χ0v) is 16.5. The highest BCUT2D eigenvalue weighted by Gasteiger charge is 2.19. The highest BCUT2D eigenvalue weighted by Crippen LogP contribution is 2.27. The van der Waals surface area contributed by atoms with Gasteiger partial charge in [-0.2, -0.15) is 5.10 Å². The quantitative estimate of drug-likeness (QED) is 0.467. The SMILES string of the molecule is Cc1cc(NC(=O)COC(=O)c2[nH]c3ccccc3c2Cl)n(-c2ccc(F)cc2)n1. The monoisotopic (exact) mass is 426 g/mol. The van der Waals surface area contributed by atoms with E-state index in [1.807, 2.05) is 6.07 Å². The third-order valence-electron chi connectivity index (χ3n) is 4.35. The molecule has 9 heteroatoms. The first-order chi connectivity index (χ1) is 14.4. The molecule has 1 amide bonds. The van der Waals surface area contributed by atoms with Crippen molar-refractivity contribution in [2.75, 3.05) is 11.9 Å². The molecule has 0 unspecified atom stereocenters. The summed E-state index contributed by atoms with van der Waals surface area (Å²) >= 11 is 6.23. The molecule has 0 saturated heterocycles. The van der Waals surface area contributed by atoms with Gasteiger partial charge in [-0.1, -0.05) is 29.8 Å². The fraction of sp³-hybridized carbons (Fsp3) is 0.0952. The van der Waals surface area contributed by atoms with E-state index in [9.17, 15) is 14.0 Å². The van der Waals surface area contributed by atoms with Crippen molar-refractivity contribution >= 4 is 40.2 Å². The Kier molecular flexibility index (Phi) is 5.24. The summed E-state index contributed by atoms with van der Waals surface area (Å²) in [5.41, 5.74) is 1.99. The molecule has 2 aromatic carbocycles. The van der Waals surface area contributed by atoms with Crippen molar-refractivity contribution < 1.29 is 18.7 Å². The molecule has 152 valence electrons. The van der Waals surface area contributed by atoms with Gasteiger partial charge in [-0.05, 0) is 37.3 Å². The fourth-order valence-corrected chi connectivity index (χ4v) is 3.29. The van der Waals surface area contributed by atoms with Crippen LogP contribution in [0.4, 0.5) is 10.2 Å². The number of aromatic amines is 1. The summed E-state index contributed by atoms with van der Waals surface area (Å²) < 4.78 is 19.7. The standard InChI is InChI=1S/C21H16ClFN4O3/c1-12-10-17(27(26-12)14-8-6-13(23)7-9-14)25-18(28)11-30-21(29)20-19(22)15-4-2-3-5-16(15)24-20/h2-10,24H,11H2,1H3,(H,25,28). The van der Waals surface area contributed by atoms with E-state index in [1.54, 1.807) is 31.2 Å². The maximum absolute atomic E-state index is 13.2. The minimum absolute atomic E-state index is 0.0814.